The van der Waals surface area contributed by atoms with Crippen LogP contribution in [-0.2, 0) is 9.53 Å². The van der Waals surface area contributed by atoms with Crippen LogP contribution >= 0.6 is 0 Å². The molecule has 78 valence electrons. The summed E-state index contributed by atoms with van der Waals surface area (Å²) >= 11 is 0. The molecule has 0 heterocycles. The first kappa shape index (κ1) is 12.4. The molecule has 0 fully saturated rings. The molecule has 3 heteroatoms. The SMILES string of the molecule is CCCC(C(=O)OCC)[N+](C)(C)C. The molecule has 1 atom stereocenters. The molecule has 0 saturated carbocycles. The van der Waals surface area contributed by atoms with Gasteiger partial charge < -0.3 is 9.22 Å². The normalized spacial score (nSPS) is 13.9. The van der Waals surface area contributed by atoms with Crippen LogP contribution in [0.15, 0.2) is 0 Å². The van der Waals surface area contributed by atoms with Gasteiger partial charge in [-0.3, -0.25) is 0 Å². The van der Waals surface area contributed by atoms with Gasteiger partial charge in [0.2, 0.25) is 0 Å². The standard InChI is InChI=1S/C10H22NO2/c1-6-8-9(11(3,4)5)10(12)13-7-2/h9H,6-8H2,1-5H3/q+1. The lowest BCUT2D eigenvalue weighted by molar-refractivity contribution is -0.887. The van der Waals surface area contributed by atoms with Crippen LogP contribution in [0.25, 0.3) is 0 Å². The first-order valence-corrected chi connectivity index (χ1v) is 4.91. The van der Waals surface area contributed by atoms with E-state index in [2.05, 4.69) is 6.92 Å². The molecule has 0 aliphatic heterocycles. The number of rotatable bonds is 5. The fourth-order valence-corrected chi connectivity index (χ4v) is 1.33. The Hall–Kier alpha value is -0.570. The number of hydrogen-bond acceptors (Lipinski definition) is 2. The second kappa shape index (κ2) is 5.22. The number of carbonyl (C=O) groups excluding carboxylic acids is 1. The monoisotopic (exact) mass is 188 g/mol. The molecule has 0 aliphatic carbocycles. The van der Waals surface area contributed by atoms with Crippen molar-refractivity contribution < 1.29 is 14.0 Å². The van der Waals surface area contributed by atoms with Crippen molar-refractivity contribution >= 4 is 5.97 Å². The Morgan fingerprint density at radius 1 is 1.31 bits per heavy atom. The summed E-state index contributed by atoms with van der Waals surface area (Å²) in [6.45, 7) is 4.40. The lowest BCUT2D eigenvalue weighted by atomic mass is 10.1. The predicted octanol–water partition coefficient (Wildman–Crippen LogP) is 1.42. The van der Waals surface area contributed by atoms with E-state index in [-0.39, 0.29) is 12.0 Å². The maximum absolute atomic E-state index is 11.5. The Morgan fingerprint density at radius 2 is 1.85 bits per heavy atom. The highest BCUT2D eigenvalue weighted by atomic mass is 16.5. The second-order valence-corrected chi connectivity index (χ2v) is 4.17. The average Bonchev–Trinajstić information content (AvgIpc) is 1.98. The Morgan fingerprint density at radius 3 is 2.15 bits per heavy atom. The first-order chi connectivity index (χ1) is 5.93. The van der Waals surface area contributed by atoms with Gasteiger partial charge in [0.05, 0.1) is 27.7 Å². The van der Waals surface area contributed by atoms with Crippen molar-refractivity contribution in [2.24, 2.45) is 0 Å². The van der Waals surface area contributed by atoms with E-state index in [0.29, 0.717) is 11.1 Å². The van der Waals surface area contributed by atoms with Gasteiger partial charge in [-0.1, -0.05) is 6.92 Å². The number of carbonyl (C=O) groups is 1. The van der Waals surface area contributed by atoms with Gasteiger partial charge in [-0.15, -0.1) is 0 Å². The van der Waals surface area contributed by atoms with Crippen LogP contribution in [0.5, 0.6) is 0 Å². The molecule has 1 unspecified atom stereocenters. The van der Waals surface area contributed by atoms with Crippen molar-refractivity contribution in [3.63, 3.8) is 0 Å². The fourth-order valence-electron chi connectivity index (χ4n) is 1.33. The van der Waals surface area contributed by atoms with Gasteiger partial charge in [-0.2, -0.15) is 0 Å². The van der Waals surface area contributed by atoms with Crippen LogP contribution in [0.4, 0.5) is 0 Å². The summed E-state index contributed by atoms with van der Waals surface area (Å²) in [6.07, 6.45) is 1.90. The van der Waals surface area contributed by atoms with Crippen molar-refractivity contribution in [2.45, 2.75) is 32.7 Å². The molecule has 0 N–H and O–H groups in total. The molecule has 0 saturated heterocycles. The fraction of sp³-hybridized carbons (Fsp3) is 0.900. The summed E-state index contributed by atoms with van der Waals surface area (Å²) < 4.78 is 5.67. The third-order valence-electron chi connectivity index (χ3n) is 2.06. The van der Waals surface area contributed by atoms with Crippen LogP contribution in [0.2, 0.25) is 0 Å². The third kappa shape index (κ3) is 4.27. The van der Waals surface area contributed by atoms with E-state index in [9.17, 15) is 4.79 Å². The van der Waals surface area contributed by atoms with Crippen LogP contribution in [-0.4, -0.2) is 44.2 Å². The van der Waals surface area contributed by atoms with E-state index < -0.39 is 0 Å². The number of nitrogens with zero attached hydrogens (tertiary/aromatic N) is 1. The van der Waals surface area contributed by atoms with Gasteiger partial charge in [0.1, 0.15) is 0 Å². The van der Waals surface area contributed by atoms with Crippen molar-refractivity contribution in [3.8, 4) is 0 Å². The summed E-state index contributed by atoms with van der Waals surface area (Å²) in [6, 6.07) is -0.0232. The number of esters is 1. The summed E-state index contributed by atoms with van der Waals surface area (Å²) in [5.41, 5.74) is 0. The minimum atomic E-state index is -0.0724. The first-order valence-electron chi connectivity index (χ1n) is 4.91. The minimum absolute atomic E-state index is 0.0232. The summed E-state index contributed by atoms with van der Waals surface area (Å²) in [7, 11) is 6.08. The molecule has 0 radical (unpaired) electrons. The highest BCUT2D eigenvalue weighted by Crippen LogP contribution is 2.11. The Balaban J connectivity index is 4.33. The Bertz CT molecular complexity index is 161. The van der Waals surface area contributed by atoms with Crippen LogP contribution in [0, 0.1) is 0 Å². The van der Waals surface area contributed by atoms with Crippen LogP contribution in [0.3, 0.4) is 0 Å². The molecule has 13 heavy (non-hydrogen) atoms. The maximum atomic E-state index is 11.5. The zero-order valence-corrected chi connectivity index (χ0v) is 9.46. The molecule has 0 rings (SSSR count). The lowest BCUT2D eigenvalue weighted by Crippen LogP contribution is -2.50. The second-order valence-electron chi connectivity index (χ2n) is 4.17. The molecule has 0 aromatic heterocycles. The molecular formula is C10H22NO2+. The van der Waals surface area contributed by atoms with Gasteiger partial charge in [0, 0.05) is 6.42 Å². The largest absolute Gasteiger partial charge is 0.462 e. The van der Waals surface area contributed by atoms with Gasteiger partial charge >= 0.3 is 5.97 Å². The smallest absolute Gasteiger partial charge is 0.364 e. The van der Waals surface area contributed by atoms with Crippen molar-refractivity contribution in [1.82, 2.24) is 0 Å². The van der Waals surface area contributed by atoms with Gasteiger partial charge in [-0.25, -0.2) is 4.79 Å². The summed E-state index contributed by atoms with van der Waals surface area (Å²) in [5.74, 6) is -0.0724. The lowest BCUT2D eigenvalue weighted by Gasteiger charge is -2.32. The van der Waals surface area contributed by atoms with E-state index in [1.54, 1.807) is 0 Å². The highest BCUT2D eigenvalue weighted by Gasteiger charge is 2.31. The predicted molar refractivity (Wildman–Crippen MR) is 53.4 cm³/mol. The number of ether oxygens (including phenoxy) is 1. The molecule has 3 nitrogen and oxygen atoms in total. The van der Waals surface area contributed by atoms with Crippen molar-refractivity contribution in [1.29, 1.82) is 0 Å². The quantitative estimate of drug-likeness (QED) is 0.482. The molecule has 0 aromatic rings. The van der Waals surface area contributed by atoms with Gasteiger partial charge in [0.15, 0.2) is 6.04 Å². The third-order valence-corrected chi connectivity index (χ3v) is 2.06. The maximum Gasteiger partial charge on any atom is 0.364 e. The summed E-state index contributed by atoms with van der Waals surface area (Å²) in [5, 5.41) is 0. The average molecular weight is 188 g/mol. The van der Waals surface area contributed by atoms with Crippen LogP contribution < -0.4 is 0 Å². The van der Waals surface area contributed by atoms with E-state index in [1.807, 2.05) is 28.1 Å². The molecule has 0 aliphatic rings. The topological polar surface area (TPSA) is 26.3 Å². The number of quaternary nitrogens is 1. The Labute approximate surface area is 81.3 Å². The van der Waals surface area contributed by atoms with Crippen molar-refractivity contribution in [3.05, 3.63) is 0 Å². The van der Waals surface area contributed by atoms with E-state index in [0.717, 1.165) is 12.8 Å². The van der Waals surface area contributed by atoms with Crippen LogP contribution in [0.1, 0.15) is 26.7 Å². The molecule has 0 spiro atoms. The number of likely N-dealkylation sites (N-methyl/N-ethyl adjacent to an activating group) is 1. The molecule has 0 bridgehead atoms. The zero-order chi connectivity index (χ0) is 10.5. The van der Waals surface area contributed by atoms with E-state index in [1.165, 1.54) is 0 Å². The van der Waals surface area contributed by atoms with E-state index in [4.69, 9.17) is 4.74 Å². The molecular weight excluding hydrogens is 166 g/mol. The van der Waals surface area contributed by atoms with Gasteiger partial charge in [-0.05, 0) is 13.3 Å². The van der Waals surface area contributed by atoms with E-state index >= 15 is 0 Å². The number of hydrogen-bond donors (Lipinski definition) is 0. The van der Waals surface area contributed by atoms with Gasteiger partial charge in [0.25, 0.3) is 0 Å². The zero-order valence-electron chi connectivity index (χ0n) is 9.46. The minimum Gasteiger partial charge on any atom is -0.462 e. The summed E-state index contributed by atoms with van der Waals surface area (Å²) in [4.78, 5) is 11.5. The highest BCUT2D eigenvalue weighted by molar-refractivity contribution is 5.74. The van der Waals surface area contributed by atoms with Crippen molar-refractivity contribution in [2.75, 3.05) is 27.7 Å². The Kier molecular flexibility index (Phi) is 4.99. The molecule has 0 aromatic carbocycles. The molecule has 0 amide bonds.